The summed E-state index contributed by atoms with van der Waals surface area (Å²) in [4.78, 5) is 19.4. The molecule has 16 aromatic heterocycles. The largest absolute Gasteiger partial charge is 0.394 e. The molecule has 0 aromatic carbocycles. The van der Waals surface area contributed by atoms with Crippen molar-refractivity contribution >= 4 is 22.1 Å². The van der Waals surface area contributed by atoms with Crippen LogP contribution in [0.3, 0.4) is 0 Å². The average molecular weight is 1540 g/mol. The Morgan fingerprint density at radius 1 is 0.283 bits per heavy atom. The van der Waals surface area contributed by atoms with Crippen molar-refractivity contribution < 1.29 is 40.9 Å². The normalized spacial score (nSPS) is 13.8. The van der Waals surface area contributed by atoms with E-state index < -0.39 is 24.4 Å². The predicted molar refractivity (Wildman–Crippen MR) is 419 cm³/mol. The van der Waals surface area contributed by atoms with E-state index in [4.69, 9.17) is 40.4 Å². The second kappa shape index (κ2) is 35.9. The molecule has 0 amide bonds. The lowest BCUT2D eigenvalue weighted by Crippen LogP contribution is -2.19. The summed E-state index contributed by atoms with van der Waals surface area (Å²) < 4.78 is 21.4. The van der Waals surface area contributed by atoms with Crippen molar-refractivity contribution in [2.24, 2.45) is 0 Å². The lowest BCUT2D eigenvalue weighted by atomic mass is 10.2. The van der Waals surface area contributed by atoms with Crippen molar-refractivity contribution in [3.05, 3.63) is 173 Å². The molecule has 8 N–H and O–H groups in total. The number of aliphatic hydroxyl groups is 8. The topological polar surface area (TPSA) is 425 Å². The Labute approximate surface area is 648 Å². The lowest BCUT2D eigenvalue weighted by Gasteiger charge is -2.10. The van der Waals surface area contributed by atoms with Gasteiger partial charge < -0.3 is 40.9 Å². The molecule has 113 heavy (non-hydrogen) atoms. The van der Waals surface area contributed by atoms with E-state index in [1.54, 1.807) is 111 Å². The summed E-state index contributed by atoms with van der Waals surface area (Å²) in [6.07, 6.45) is 45.4. The van der Waals surface area contributed by atoms with Crippen LogP contribution < -0.4 is 0 Å². The number of hydrogen-bond acceptors (Lipinski definition) is 24. The van der Waals surface area contributed by atoms with E-state index in [1.807, 2.05) is 117 Å². The highest BCUT2D eigenvalue weighted by molar-refractivity contribution is 5.81. The Bertz CT molecular complexity index is 5310. The van der Waals surface area contributed by atoms with E-state index in [1.165, 1.54) is 0 Å². The molecule has 36 nitrogen and oxygen atoms in total. The third-order valence-corrected chi connectivity index (χ3v) is 19.5. The highest BCUT2D eigenvalue weighted by atomic mass is 16.3. The van der Waals surface area contributed by atoms with E-state index in [9.17, 15) is 20.4 Å². The first-order valence-electron chi connectivity index (χ1n) is 37.7. The molecule has 0 fully saturated rings. The van der Waals surface area contributed by atoms with Gasteiger partial charge in [0.15, 0.2) is 0 Å². The zero-order chi connectivity index (χ0) is 79.4. The summed E-state index contributed by atoms with van der Waals surface area (Å²) >= 11 is 0. The molecule has 0 bridgehead atoms. The SMILES string of the molecule is CCC[C@H](C)n1cc(-c2nc(-c3cnn(C[C@@H](O)CO)c3)cn3nccc23)cn1.CC[C@@H](C)n1cc(-c2nc(-c3cnn(C[C@@H](O)CO)c3)cn3nccc23)cn1.CC[C@@H](C)n1cc(-c2nc(-c3cnn(C[C@H](O)CO)c3)cn3nccc23)cn1.CC[C@H](C)n1cc(-c2nc(-c3cnn(C[C@H](O)CO)c3)cn3nccc23)cn1. The zero-order valence-electron chi connectivity index (χ0n) is 64.1. The molecule has 0 aliphatic heterocycles. The van der Waals surface area contributed by atoms with Crippen LogP contribution in [0.25, 0.3) is 112 Å². The number of hydrogen-bond donors (Lipinski definition) is 8. The maximum absolute atomic E-state index is 9.63. The molecule has 0 unspecified atom stereocenters. The molecular formula is C77H94N28O8. The second-order valence-corrected chi connectivity index (χ2v) is 27.9. The molecule has 36 heteroatoms. The van der Waals surface area contributed by atoms with Crippen LogP contribution >= 0.6 is 0 Å². The van der Waals surface area contributed by atoms with Gasteiger partial charge in [-0.3, -0.25) is 37.5 Å². The summed E-state index contributed by atoms with van der Waals surface area (Å²) in [5.74, 6) is 0. The smallest absolute Gasteiger partial charge is 0.0999 e. The van der Waals surface area contributed by atoms with Gasteiger partial charge in [0.25, 0.3) is 0 Å². The van der Waals surface area contributed by atoms with Gasteiger partial charge in [0.1, 0.15) is 0 Å². The Kier molecular flexibility index (Phi) is 25.1. The van der Waals surface area contributed by atoms with E-state index in [2.05, 4.69) is 117 Å². The Morgan fingerprint density at radius 3 is 0.735 bits per heavy atom. The highest BCUT2D eigenvalue weighted by Crippen LogP contribution is 2.33. The van der Waals surface area contributed by atoms with Crippen LogP contribution in [-0.2, 0) is 26.2 Å². The average Bonchev–Trinajstić information content (AvgIpc) is 1.67. The van der Waals surface area contributed by atoms with Gasteiger partial charge in [0.2, 0.25) is 0 Å². The lowest BCUT2D eigenvalue weighted by molar-refractivity contribution is 0.0782. The minimum absolute atomic E-state index is 0.217. The van der Waals surface area contributed by atoms with Gasteiger partial charge >= 0.3 is 0 Å². The van der Waals surface area contributed by atoms with Crippen molar-refractivity contribution in [1.82, 2.24) is 137 Å². The molecular weight excluding hydrogens is 1450 g/mol. The number of aromatic nitrogens is 28. The summed E-state index contributed by atoms with van der Waals surface area (Å²) in [5.41, 5.74) is 16.6. The molecule has 8 atom stereocenters. The van der Waals surface area contributed by atoms with Gasteiger partial charge in [-0.15, -0.1) is 0 Å². The summed E-state index contributed by atoms with van der Waals surface area (Å²) in [7, 11) is 0. The van der Waals surface area contributed by atoms with Gasteiger partial charge in [-0.25, -0.2) is 38.0 Å². The van der Waals surface area contributed by atoms with Crippen molar-refractivity contribution in [1.29, 1.82) is 0 Å². The van der Waals surface area contributed by atoms with Gasteiger partial charge in [-0.2, -0.15) is 61.2 Å². The summed E-state index contributed by atoms with van der Waals surface area (Å²) in [5, 5.41) is 127. The number of fused-ring (bicyclic) bond motifs is 4. The Balaban J connectivity index is 0.000000132. The fraction of sp³-hybridized carbons (Fsp3) is 0.377. The van der Waals surface area contributed by atoms with Crippen LogP contribution in [0.2, 0.25) is 0 Å². The first kappa shape index (κ1) is 78.9. The fourth-order valence-electron chi connectivity index (χ4n) is 12.5. The monoisotopic (exact) mass is 1540 g/mol. The predicted octanol–water partition coefficient (Wildman–Crippen LogP) is 7.51. The highest BCUT2D eigenvalue weighted by Gasteiger charge is 2.22. The van der Waals surface area contributed by atoms with Gasteiger partial charge in [-0.05, 0) is 77.6 Å². The van der Waals surface area contributed by atoms with Gasteiger partial charge in [0.05, 0.1) is 244 Å². The van der Waals surface area contributed by atoms with Crippen molar-refractivity contribution in [2.45, 2.75) is 162 Å². The minimum Gasteiger partial charge on any atom is -0.394 e. The Hall–Kier alpha value is -12.2. The van der Waals surface area contributed by atoms with Gasteiger partial charge in [0, 0.05) is 118 Å². The van der Waals surface area contributed by atoms with Crippen LogP contribution in [0.5, 0.6) is 0 Å². The van der Waals surface area contributed by atoms with E-state index >= 15 is 0 Å². The molecule has 0 aliphatic rings. The van der Waals surface area contributed by atoms with Crippen LogP contribution in [0.15, 0.2) is 173 Å². The van der Waals surface area contributed by atoms with Crippen molar-refractivity contribution in [3.8, 4) is 90.1 Å². The van der Waals surface area contributed by atoms with Crippen molar-refractivity contribution in [3.63, 3.8) is 0 Å². The third kappa shape index (κ3) is 18.3. The molecule has 0 saturated carbocycles. The molecule has 0 radical (unpaired) electrons. The molecule has 0 spiro atoms. The molecule has 16 heterocycles. The molecule has 16 rings (SSSR count). The van der Waals surface area contributed by atoms with Crippen LogP contribution in [0.1, 0.15) is 112 Å². The molecule has 0 saturated heterocycles. The van der Waals surface area contributed by atoms with E-state index in [-0.39, 0.29) is 52.6 Å². The number of nitrogens with zero attached hydrogens (tertiary/aromatic N) is 28. The Morgan fingerprint density at radius 2 is 0.513 bits per heavy atom. The van der Waals surface area contributed by atoms with Gasteiger partial charge in [-0.1, -0.05) is 34.1 Å². The first-order valence-corrected chi connectivity index (χ1v) is 37.7. The summed E-state index contributed by atoms with van der Waals surface area (Å²) in [6.45, 7) is 16.7. The molecule has 16 aromatic rings. The molecule has 590 valence electrons. The van der Waals surface area contributed by atoms with Crippen molar-refractivity contribution in [2.75, 3.05) is 26.4 Å². The maximum atomic E-state index is 9.63. The van der Waals surface area contributed by atoms with E-state index in [0.717, 1.165) is 127 Å². The van der Waals surface area contributed by atoms with Crippen LogP contribution in [0, 0.1) is 0 Å². The second-order valence-electron chi connectivity index (χ2n) is 27.9. The minimum atomic E-state index is -0.851. The van der Waals surface area contributed by atoms with E-state index in [0.29, 0.717) is 41.2 Å². The summed E-state index contributed by atoms with van der Waals surface area (Å²) in [6, 6.07) is 8.97. The molecule has 0 aliphatic carbocycles. The van der Waals surface area contributed by atoms with Crippen LogP contribution in [-0.4, -0.2) is 228 Å². The number of rotatable bonds is 29. The quantitative estimate of drug-likeness (QED) is 0.0225. The number of aliphatic hydroxyl groups excluding tert-OH is 8. The standard InChI is InChI=1S/C20H25N7O2.3C19H23N7O2/c1-3-4-14(2)26-10-16(8-23-26)20-19-5-6-21-27(19)12-18(24-20)15-7-22-25(9-15)11-17(29)13-28;3*1-3-13(2)25-9-15(7-22-25)19-18-4-5-20-26(18)11-17(23-19)14-6-21-24(8-14)10-16(28)12-27/h5-10,12,14,17,28-29H,3-4,11,13H2,1-2H3;3*4-9,11,13,16,27-28H,3,10,12H2,1-2H3/t14-,17+;13-,16+;2*13-,16-/m0110/s1. The van der Waals surface area contributed by atoms with Crippen LogP contribution in [0.4, 0.5) is 0 Å². The zero-order valence-corrected chi connectivity index (χ0v) is 64.1. The maximum Gasteiger partial charge on any atom is 0.0999 e. The fourth-order valence-corrected chi connectivity index (χ4v) is 12.5. The third-order valence-electron chi connectivity index (χ3n) is 19.5. The first-order chi connectivity index (χ1) is 54.8.